The molecule has 1 aliphatic rings. The molecule has 188 valence electrons. The van der Waals surface area contributed by atoms with Crippen molar-refractivity contribution < 1.29 is 14.3 Å². The largest absolute Gasteiger partial charge is 0.381 e. The summed E-state index contributed by atoms with van der Waals surface area (Å²) >= 11 is 1.59. The van der Waals surface area contributed by atoms with Gasteiger partial charge in [-0.1, -0.05) is 24.3 Å². The molecule has 0 bridgehead atoms. The predicted molar refractivity (Wildman–Crippen MR) is 144 cm³/mol. The smallest absolute Gasteiger partial charge is 0.236 e. The zero-order valence-electron chi connectivity index (χ0n) is 20.7. The molecular weight excluding hydrogens is 486 g/mol. The van der Waals surface area contributed by atoms with E-state index in [4.69, 9.17) is 4.74 Å². The highest BCUT2D eigenvalue weighted by Crippen LogP contribution is 2.37. The van der Waals surface area contributed by atoms with Gasteiger partial charge in [-0.3, -0.25) is 9.59 Å². The van der Waals surface area contributed by atoms with Gasteiger partial charge in [0, 0.05) is 49.0 Å². The van der Waals surface area contributed by atoms with Gasteiger partial charge < -0.3 is 15.4 Å². The molecule has 9 heteroatoms. The number of hydrogen-bond acceptors (Lipinski definition) is 7. The molecule has 0 radical (unpaired) electrons. The second-order valence-corrected chi connectivity index (χ2v) is 10.1. The van der Waals surface area contributed by atoms with Crippen molar-refractivity contribution in [3.63, 3.8) is 0 Å². The number of benzene rings is 1. The fraction of sp³-hybridized carbons (Fsp3) is 0.250. The number of amides is 2. The van der Waals surface area contributed by atoms with Crippen molar-refractivity contribution in [2.24, 2.45) is 0 Å². The van der Waals surface area contributed by atoms with Gasteiger partial charge in [-0.2, -0.15) is 0 Å². The van der Waals surface area contributed by atoms with Crippen LogP contribution < -0.4 is 10.6 Å². The first-order valence-electron chi connectivity index (χ1n) is 12.1. The Balaban J connectivity index is 1.35. The minimum absolute atomic E-state index is 0.0883. The Hall–Kier alpha value is -3.95. The molecule has 4 heterocycles. The summed E-state index contributed by atoms with van der Waals surface area (Å²) in [4.78, 5) is 38.2. The van der Waals surface area contributed by atoms with Crippen molar-refractivity contribution >= 4 is 34.8 Å². The van der Waals surface area contributed by atoms with Crippen LogP contribution in [-0.4, -0.2) is 40.0 Å². The number of ether oxygens (including phenoxy) is 1. The van der Waals surface area contributed by atoms with E-state index < -0.39 is 5.41 Å². The minimum atomic E-state index is -0.712. The highest BCUT2D eigenvalue weighted by atomic mass is 32.1. The van der Waals surface area contributed by atoms with Gasteiger partial charge in [-0.15, -0.1) is 11.3 Å². The monoisotopic (exact) mass is 513 g/mol. The zero-order valence-corrected chi connectivity index (χ0v) is 21.5. The van der Waals surface area contributed by atoms with E-state index in [9.17, 15) is 9.59 Å². The van der Waals surface area contributed by atoms with Crippen molar-refractivity contribution in [2.45, 2.75) is 32.1 Å². The van der Waals surface area contributed by atoms with Crippen molar-refractivity contribution in [1.82, 2.24) is 15.0 Å². The number of hydrogen-bond donors (Lipinski definition) is 2. The molecule has 1 aliphatic heterocycles. The summed E-state index contributed by atoms with van der Waals surface area (Å²) in [5.74, 6) is 0.766. The van der Waals surface area contributed by atoms with Crippen molar-refractivity contribution in [3.05, 3.63) is 76.9 Å². The van der Waals surface area contributed by atoms with Crippen molar-refractivity contribution in [3.8, 4) is 22.4 Å². The zero-order chi connectivity index (χ0) is 25.8. The van der Waals surface area contributed by atoms with Crippen molar-refractivity contribution in [2.75, 3.05) is 23.8 Å². The molecule has 0 unspecified atom stereocenters. The minimum Gasteiger partial charge on any atom is -0.381 e. The first-order chi connectivity index (χ1) is 17.9. The number of carbonyl (C=O) groups excluding carboxylic acids is 2. The van der Waals surface area contributed by atoms with Gasteiger partial charge in [0.05, 0.1) is 16.1 Å². The van der Waals surface area contributed by atoms with Gasteiger partial charge in [0.25, 0.3) is 0 Å². The lowest BCUT2D eigenvalue weighted by Gasteiger charge is -2.36. The number of thiazole rings is 1. The molecule has 1 aromatic carbocycles. The van der Waals surface area contributed by atoms with Crippen LogP contribution in [0.25, 0.3) is 22.4 Å². The average molecular weight is 514 g/mol. The Labute approximate surface area is 219 Å². The summed E-state index contributed by atoms with van der Waals surface area (Å²) in [6, 6.07) is 15.4. The van der Waals surface area contributed by atoms with E-state index in [1.165, 1.54) is 6.92 Å². The lowest BCUT2D eigenvalue weighted by Crippen LogP contribution is -2.45. The molecule has 37 heavy (non-hydrogen) atoms. The molecule has 0 atom stereocenters. The van der Waals surface area contributed by atoms with Crippen LogP contribution in [0, 0.1) is 6.92 Å². The lowest BCUT2D eigenvalue weighted by molar-refractivity contribution is -0.125. The Morgan fingerprint density at radius 3 is 2.05 bits per heavy atom. The quantitative estimate of drug-likeness (QED) is 0.366. The van der Waals surface area contributed by atoms with Crippen LogP contribution in [0.5, 0.6) is 0 Å². The molecule has 4 aromatic rings. The summed E-state index contributed by atoms with van der Waals surface area (Å²) < 4.78 is 5.61. The van der Waals surface area contributed by atoms with E-state index in [0.29, 0.717) is 37.7 Å². The molecule has 0 spiro atoms. The van der Waals surface area contributed by atoms with E-state index in [1.54, 1.807) is 29.8 Å². The Kier molecular flexibility index (Phi) is 7.07. The first-order valence-corrected chi connectivity index (χ1v) is 12.9. The molecule has 3 aromatic heterocycles. The van der Waals surface area contributed by atoms with E-state index in [1.807, 2.05) is 54.8 Å². The summed E-state index contributed by atoms with van der Waals surface area (Å²) in [6.07, 6.45) is 4.63. The normalized spacial score (nSPS) is 14.6. The topological polar surface area (TPSA) is 106 Å². The second kappa shape index (κ2) is 10.6. The number of aromatic nitrogens is 3. The molecule has 0 aliphatic carbocycles. The van der Waals surface area contributed by atoms with Crippen LogP contribution in [0.1, 0.15) is 30.3 Å². The summed E-state index contributed by atoms with van der Waals surface area (Å²) in [5.41, 5.74) is 3.92. The number of nitrogens with zero attached hydrogens (tertiary/aromatic N) is 3. The summed E-state index contributed by atoms with van der Waals surface area (Å²) in [5, 5.41) is 8.70. The number of nitrogens with one attached hydrogen (secondary N) is 2. The van der Waals surface area contributed by atoms with Crippen LogP contribution in [0.3, 0.4) is 0 Å². The maximum absolute atomic E-state index is 13.7. The number of carbonyl (C=O) groups is 2. The predicted octanol–water partition coefficient (Wildman–Crippen LogP) is 5.22. The van der Waals surface area contributed by atoms with E-state index in [-0.39, 0.29) is 11.8 Å². The highest BCUT2D eigenvalue weighted by molar-refractivity contribution is 7.09. The van der Waals surface area contributed by atoms with Crippen molar-refractivity contribution in [1.29, 1.82) is 0 Å². The van der Waals surface area contributed by atoms with Crippen LogP contribution in [0.2, 0.25) is 0 Å². The molecule has 8 nitrogen and oxygen atoms in total. The third-order valence-corrected chi connectivity index (χ3v) is 7.31. The Bertz CT molecular complexity index is 1390. The van der Waals surface area contributed by atoms with Gasteiger partial charge in [0.1, 0.15) is 11.6 Å². The number of anilines is 2. The molecule has 0 saturated carbocycles. The first kappa shape index (κ1) is 24.7. The van der Waals surface area contributed by atoms with Crippen LogP contribution in [-0.2, 0) is 19.7 Å². The van der Waals surface area contributed by atoms with Gasteiger partial charge in [0.2, 0.25) is 11.8 Å². The third-order valence-electron chi connectivity index (χ3n) is 6.54. The second-order valence-electron chi connectivity index (χ2n) is 9.02. The van der Waals surface area contributed by atoms with E-state index >= 15 is 0 Å². The van der Waals surface area contributed by atoms with E-state index in [0.717, 1.165) is 33.0 Å². The SMILES string of the molecule is CC(=O)Nc1ccc(-c2ccc(C3(C(=O)Nc4ccc(-c5csc(C)n5)cn4)CCOCC3)cc2)cn1. The molecule has 2 amide bonds. The lowest BCUT2D eigenvalue weighted by atomic mass is 9.73. The maximum Gasteiger partial charge on any atom is 0.236 e. The maximum atomic E-state index is 13.7. The van der Waals surface area contributed by atoms with Gasteiger partial charge in [-0.05, 0) is 55.2 Å². The van der Waals surface area contributed by atoms with Gasteiger partial charge >= 0.3 is 0 Å². The third kappa shape index (κ3) is 5.42. The Morgan fingerprint density at radius 2 is 1.49 bits per heavy atom. The van der Waals surface area contributed by atoms with Crippen LogP contribution >= 0.6 is 11.3 Å². The average Bonchev–Trinajstić information content (AvgIpc) is 3.36. The van der Waals surface area contributed by atoms with Gasteiger partial charge in [0.15, 0.2) is 0 Å². The van der Waals surface area contributed by atoms with Crippen LogP contribution in [0.15, 0.2) is 66.3 Å². The molecule has 5 rings (SSSR count). The summed E-state index contributed by atoms with van der Waals surface area (Å²) in [7, 11) is 0. The standard InChI is InChI=1S/C28H27N5O3S/c1-18(34)31-25-9-5-21(15-29-25)20-3-7-23(8-4-20)28(11-13-36-14-12-28)27(35)33-26-10-6-22(16-30-26)24-17-37-19(2)32-24/h3-10,15-17H,11-14H2,1-2H3,(H,29,31,34)(H,30,33,35). The highest BCUT2D eigenvalue weighted by Gasteiger charge is 2.42. The summed E-state index contributed by atoms with van der Waals surface area (Å²) in [6.45, 7) is 4.44. The molecule has 2 N–H and O–H groups in total. The number of rotatable bonds is 6. The molecule has 1 fully saturated rings. The van der Waals surface area contributed by atoms with Crippen LogP contribution in [0.4, 0.5) is 11.6 Å². The number of aryl methyl sites for hydroxylation is 1. The number of pyridine rings is 2. The molecule has 1 saturated heterocycles. The fourth-order valence-electron chi connectivity index (χ4n) is 4.52. The van der Waals surface area contributed by atoms with E-state index in [2.05, 4.69) is 25.6 Å². The molecular formula is C28H27N5O3S. The van der Waals surface area contributed by atoms with Gasteiger partial charge in [-0.25, -0.2) is 15.0 Å². The Morgan fingerprint density at radius 1 is 0.865 bits per heavy atom. The fourth-order valence-corrected chi connectivity index (χ4v) is 5.14.